The van der Waals surface area contributed by atoms with Crippen molar-refractivity contribution in [1.82, 2.24) is 15.5 Å². The van der Waals surface area contributed by atoms with E-state index in [2.05, 4.69) is 29.4 Å². The molecule has 1 heterocycles. The van der Waals surface area contributed by atoms with Crippen LogP contribution in [-0.4, -0.2) is 49.6 Å². The van der Waals surface area contributed by atoms with Crippen molar-refractivity contribution in [2.75, 3.05) is 32.7 Å². The van der Waals surface area contributed by atoms with E-state index in [1.807, 2.05) is 6.07 Å². The summed E-state index contributed by atoms with van der Waals surface area (Å²) in [5.74, 6) is 0.716. The van der Waals surface area contributed by atoms with Gasteiger partial charge < -0.3 is 10.6 Å². The largest absolute Gasteiger partial charge is 0.354 e. The maximum Gasteiger partial charge on any atom is 0.234 e. The summed E-state index contributed by atoms with van der Waals surface area (Å²) in [6, 6.07) is 2.40. The highest BCUT2D eigenvalue weighted by atomic mass is 16.2. The second-order valence-corrected chi connectivity index (χ2v) is 5.47. The van der Waals surface area contributed by atoms with Crippen molar-refractivity contribution in [3.8, 4) is 6.07 Å². The van der Waals surface area contributed by atoms with E-state index in [0.29, 0.717) is 31.5 Å². The van der Waals surface area contributed by atoms with Crippen molar-refractivity contribution in [2.45, 2.75) is 39.2 Å². The van der Waals surface area contributed by atoms with Gasteiger partial charge in [0.15, 0.2) is 0 Å². The first-order valence-electron chi connectivity index (χ1n) is 7.22. The molecule has 0 aromatic rings. The van der Waals surface area contributed by atoms with E-state index in [4.69, 9.17) is 5.26 Å². The van der Waals surface area contributed by atoms with E-state index < -0.39 is 0 Å². The number of carbonyl (C=O) groups is 1. The zero-order chi connectivity index (χ0) is 14.1. The van der Waals surface area contributed by atoms with Crippen LogP contribution >= 0.6 is 0 Å². The molecule has 1 aliphatic rings. The van der Waals surface area contributed by atoms with Crippen molar-refractivity contribution in [3.63, 3.8) is 0 Å². The number of nitrogens with one attached hydrogen (secondary N) is 2. The maximum absolute atomic E-state index is 11.8. The zero-order valence-corrected chi connectivity index (χ0v) is 12.1. The first-order valence-corrected chi connectivity index (χ1v) is 7.22. The Kier molecular flexibility index (Phi) is 7.46. The van der Waals surface area contributed by atoms with Gasteiger partial charge in [0, 0.05) is 19.1 Å². The third-order valence-corrected chi connectivity index (χ3v) is 3.59. The van der Waals surface area contributed by atoms with Crippen molar-refractivity contribution in [1.29, 1.82) is 5.26 Å². The van der Waals surface area contributed by atoms with E-state index in [1.54, 1.807) is 0 Å². The van der Waals surface area contributed by atoms with Crippen molar-refractivity contribution >= 4 is 5.91 Å². The minimum absolute atomic E-state index is 0.0258. The molecule has 0 aromatic heterocycles. The summed E-state index contributed by atoms with van der Waals surface area (Å²) in [7, 11) is 0. The predicted molar refractivity (Wildman–Crippen MR) is 75.5 cm³/mol. The van der Waals surface area contributed by atoms with Gasteiger partial charge in [-0.05, 0) is 45.7 Å². The van der Waals surface area contributed by atoms with Gasteiger partial charge in [0.25, 0.3) is 0 Å². The van der Waals surface area contributed by atoms with Gasteiger partial charge in [-0.2, -0.15) is 5.26 Å². The predicted octanol–water partition coefficient (Wildman–Crippen LogP) is 0.726. The molecule has 1 fully saturated rings. The van der Waals surface area contributed by atoms with Crippen molar-refractivity contribution in [2.24, 2.45) is 5.92 Å². The van der Waals surface area contributed by atoms with Gasteiger partial charge in [-0.25, -0.2) is 0 Å². The molecule has 0 bridgehead atoms. The number of nitrogens with zero attached hydrogens (tertiary/aromatic N) is 2. The second-order valence-electron chi connectivity index (χ2n) is 5.47. The van der Waals surface area contributed by atoms with Crippen LogP contribution in [-0.2, 0) is 4.79 Å². The molecule has 5 heteroatoms. The number of hydrogen-bond donors (Lipinski definition) is 2. The minimum Gasteiger partial charge on any atom is -0.354 e. The summed E-state index contributed by atoms with van der Waals surface area (Å²) in [4.78, 5) is 14.0. The lowest BCUT2D eigenvalue weighted by Gasteiger charge is -2.32. The summed E-state index contributed by atoms with van der Waals surface area (Å²) in [6.07, 6.45) is 2.76. The fourth-order valence-corrected chi connectivity index (χ4v) is 2.35. The van der Waals surface area contributed by atoms with Gasteiger partial charge in [-0.1, -0.05) is 0 Å². The van der Waals surface area contributed by atoms with Crippen LogP contribution in [0.3, 0.4) is 0 Å². The smallest absolute Gasteiger partial charge is 0.234 e. The summed E-state index contributed by atoms with van der Waals surface area (Å²) in [6.45, 7) is 8.32. The SMILES string of the molecule is CC(C)N(CC(=O)NCCC#N)CC1CCNCC1. The van der Waals surface area contributed by atoms with E-state index >= 15 is 0 Å². The highest BCUT2D eigenvalue weighted by Gasteiger charge is 2.20. The number of hydrogen-bond acceptors (Lipinski definition) is 4. The molecule has 0 aromatic carbocycles. The molecule has 19 heavy (non-hydrogen) atoms. The molecule has 0 spiro atoms. The lowest BCUT2D eigenvalue weighted by atomic mass is 9.97. The molecular formula is C14H26N4O. The van der Waals surface area contributed by atoms with Gasteiger partial charge in [0.1, 0.15) is 0 Å². The van der Waals surface area contributed by atoms with Crippen LogP contribution in [0.2, 0.25) is 0 Å². The highest BCUT2D eigenvalue weighted by Crippen LogP contribution is 2.14. The Morgan fingerprint density at radius 3 is 2.74 bits per heavy atom. The van der Waals surface area contributed by atoms with E-state index in [9.17, 15) is 4.79 Å². The van der Waals surface area contributed by atoms with Gasteiger partial charge in [0.05, 0.1) is 19.0 Å². The Labute approximate surface area is 116 Å². The molecular weight excluding hydrogens is 240 g/mol. The standard InChI is InChI=1S/C14H26N4O/c1-12(2)18(10-13-4-8-16-9-5-13)11-14(19)17-7-3-6-15/h12-13,16H,3-5,7-11H2,1-2H3,(H,17,19). The van der Waals surface area contributed by atoms with Gasteiger partial charge in [0.2, 0.25) is 5.91 Å². The molecule has 0 saturated carbocycles. The van der Waals surface area contributed by atoms with Gasteiger partial charge >= 0.3 is 0 Å². The first-order chi connectivity index (χ1) is 9.13. The number of amides is 1. The number of nitriles is 1. The molecule has 108 valence electrons. The van der Waals surface area contributed by atoms with Crippen molar-refractivity contribution in [3.05, 3.63) is 0 Å². The Morgan fingerprint density at radius 2 is 2.16 bits per heavy atom. The minimum atomic E-state index is 0.0258. The van der Waals surface area contributed by atoms with Crippen LogP contribution in [0.4, 0.5) is 0 Å². The molecule has 0 atom stereocenters. The van der Waals surface area contributed by atoms with Crippen LogP contribution in [0, 0.1) is 17.2 Å². The molecule has 1 saturated heterocycles. The first kappa shape index (κ1) is 15.9. The van der Waals surface area contributed by atoms with Crippen molar-refractivity contribution < 1.29 is 4.79 Å². The molecule has 0 unspecified atom stereocenters. The highest BCUT2D eigenvalue weighted by molar-refractivity contribution is 5.78. The topological polar surface area (TPSA) is 68.2 Å². The number of carbonyl (C=O) groups excluding carboxylic acids is 1. The average molecular weight is 266 g/mol. The van der Waals surface area contributed by atoms with Crippen LogP contribution in [0.25, 0.3) is 0 Å². The number of piperidine rings is 1. The van der Waals surface area contributed by atoms with Crippen LogP contribution in [0.5, 0.6) is 0 Å². The quantitative estimate of drug-likeness (QED) is 0.667. The maximum atomic E-state index is 11.8. The molecule has 2 N–H and O–H groups in total. The van der Waals surface area contributed by atoms with E-state index in [0.717, 1.165) is 19.6 Å². The number of rotatable bonds is 7. The lowest BCUT2D eigenvalue weighted by molar-refractivity contribution is -0.122. The molecule has 0 radical (unpaired) electrons. The lowest BCUT2D eigenvalue weighted by Crippen LogP contribution is -2.44. The van der Waals surface area contributed by atoms with Crippen LogP contribution in [0.1, 0.15) is 33.1 Å². The fourth-order valence-electron chi connectivity index (χ4n) is 2.35. The second kappa shape index (κ2) is 8.89. The summed E-state index contributed by atoms with van der Waals surface area (Å²) < 4.78 is 0. The third-order valence-electron chi connectivity index (χ3n) is 3.59. The van der Waals surface area contributed by atoms with Gasteiger partial charge in [-0.3, -0.25) is 9.69 Å². The van der Waals surface area contributed by atoms with Crippen LogP contribution < -0.4 is 10.6 Å². The van der Waals surface area contributed by atoms with E-state index in [-0.39, 0.29) is 5.91 Å². The molecule has 5 nitrogen and oxygen atoms in total. The Hall–Kier alpha value is -1.12. The van der Waals surface area contributed by atoms with E-state index in [1.165, 1.54) is 12.8 Å². The normalized spacial score (nSPS) is 16.6. The molecule has 1 amide bonds. The Morgan fingerprint density at radius 1 is 1.47 bits per heavy atom. The zero-order valence-electron chi connectivity index (χ0n) is 12.1. The van der Waals surface area contributed by atoms with Gasteiger partial charge in [-0.15, -0.1) is 0 Å². The Balaban J connectivity index is 2.34. The summed E-state index contributed by atoms with van der Waals surface area (Å²) >= 11 is 0. The molecule has 0 aliphatic carbocycles. The molecule has 1 rings (SSSR count). The fraction of sp³-hybridized carbons (Fsp3) is 0.857. The average Bonchev–Trinajstić information content (AvgIpc) is 2.39. The van der Waals surface area contributed by atoms with Crippen LogP contribution in [0.15, 0.2) is 0 Å². The third kappa shape index (κ3) is 6.55. The molecule has 1 aliphatic heterocycles. The summed E-state index contributed by atoms with van der Waals surface area (Å²) in [5.41, 5.74) is 0. The Bertz CT molecular complexity index is 305. The summed E-state index contributed by atoms with van der Waals surface area (Å²) in [5, 5.41) is 14.6. The monoisotopic (exact) mass is 266 g/mol.